The predicted octanol–water partition coefficient (Wildman–Crippen LogP) is 4.38. The molecule has 0 nitrogen and oxygen atoms in total. The molecule has 0 aliphatic rings. The maximum absolute atomic E-state index is 2.26. The van der Waals surface area contributed by atoms with Gasteiger partial charge in [0.15, 0.2) is 0 Å². The third-order valence-corrected chi connectivity index (χ3v) is 2.47. The van der Waals surface area contributed by atoms with Gasteiger partial charge in [-0.15, -0.1) is 34.0 Å². The predicted molar refractivity (Wildman–Crippen MR) is 66.6 cm³/mol. The topological polar surface area (TPSA) is 0 Å². The van der Waals surface area contributed by atoms with Crippen molar-refractivity contribution < 1.29 is 25.8 Å². The molecule has 0 atom stereocenters. The fraction of sp³-hybridized carbons (Fsp3) is 0.214. The number of aryl methyl sites for hydroxylation is 3. The smallest absolute Gasteiger partial charge is 0 e. The van der Waals surface area contributed by atoms with Gasteiger partial charge in [0.25, 0.3) is 0 Å². The van der Waals surface area contributed by atoms with Gasteiger partial charge < -0.3 is 14.9 Å². The standard InChI is InChI=1S/C12H13.2CH3.Hf/c1-8-6-11-9(2)4-5-10(3)12(11)7-8;;;/h4-7H,1-3H3;2*1H3;/q3*-1;. The summed E-state index contributed by atoms with van der Waals surface area (Å²) < 4.78 is 0. The van der Waals surface area contributed by atoms with Gasteiger partial charge in [0.1, 0.15) is 0 Å². The summed E-state index contributed by atoms with van der Waals surface area (Å²) in [5.74, 6) is 0. The van der Waals surface area contributed by atoms with Crippen LogP contribution in [0.2, 0.25) is 0 Å². The van der Waals surface area contributed by atoms with Gasteiger partial charge in [-0.2, -0.15) is 6.07 Å². The summed E-state index contributed by atoms with van der Waals surface area (Å²) in [6.07, 6.45) is 0. The van der Waals surface area contributed by atoms with Crippen LogP contribution in [0, 0.1) is 35.6 Å². The molecule has 0 aliphatic carbocycles. The Morgan fingerprint density at radius 3 is 2.00 bits per heavy atom. The number of rotatable bonds is 0. The molecule has 0 saturated heterocycles. The molecular formula is C14H19Hf-3. The van der Waals surface area contributed by atoms with Gasteiger partial charge >= 0.3 is 0 Å². The Balaban J connectivity index is 0. The summed E-state index contributed by atoms with van der Waals surface area (Å²) in [6, 6.07) is 8.91. The first-order valence-electron chi connectivity index (χ1n) is 4.32. The molecule has 82 valence electrons. The van der Waals surface area contributed by atoms with Crippen molar-refractivity contribution in [3.8, 4) is 0 Å². The SMILES string of the molecule is Cc1cc2c(C)ccc(C)c2[cH-]1.[CH3-].[CH3-].[Hf]. The molecule has 2 aromatic carbocycles. The van der Waals surface area contributed by atoms with Crippen LogP contribution in [0.25, 0.3) is 10.8 Å². The Hall–Kier alpha value is -0.300. The molecule has 1 heteroatoms. The normalized spacial score (nSPS) is 8.73. The van der Waals surface area contributed by atoms with Crippen LogP contribution in [0.3, 0.4) is 0 Å². The van der Waals surface area contributed by atoms with Gasteiger partial charge in [0, 0.05) is 25.8 Å². The number of benzene rings is 1. The van der Waals surface area contributed by atoms with E-state index < -0.39 is 0 Å². The molecule has 0 N–H and O–H groups in total. The first kappa shape index (κ1) is 17.1. The van der Waals surface area contributed by atoms with Crippen molar-refractivity contribution in [1.82, 2.24) is 0 Å². The molecular weight excluding hydrogens is 347 g/mol. The summed E-state index contributed by atoms with van der Waals surface area (Å²) in [4.78, 5) is 0. The van der Waals surface area contributed by atoms with Crippen molar-refractivity contribution in [2.24, 2.45) is 0 Å². The van der Waals surface area contributed by atoms with E-state index in [1.807, 2.05) is 0 Å². The van der Waals surface area contributed by atoms with Crippen LogP contribution >= 0.6 is 0 Å². The first-order valence-corrected chi connectivity index (χ1v) is 4.32. The summed E-state index contributed by atoms with van der Waals surface area (Å²) in [6.45, 7) is 6.49. The average Bonchev–Trinajstić information content (AvgIpc) is 2.41. The summed E-state index contributed by atoms with van der Waals surface area (Å²) in [7, 11) is 0. The van der Waals surface area contributed by atoms with Crippen molar-refractivity contribution >= 4 is 10.8 Å². The Kier molecular flexibility index (Phi) is 7.21. The van der Waals surface area contributed by atoms with Gasteiger partial charge in [0.05, 0.1) is 0 Å². The second-order valence-electron chi connectivity index (χ2n) is 3.56. The van der Waals surface area contributed by atoms with Crippen LogP contribution in [0.1, 0.15) is 16.7 Å². The monoisotopic (exact) mass is 367 g/mol. The van der Waals surface area contributed by atoms with E-state index in [4.69, 9.17) is 0 Å². The van der Waals surface area contributed by atoms with Crippen LogP contribution in [-0.4, -0.2) is 0 Å². The van der Waals surface area contributed by atoms with Crippen LogP contribution < -0.4 is 0 Å². The van der Waals surface area contributed by atoms with Gasteiger partial charge in [-0.1, -0.05) is 25.5 Å². The Morgan fingerprint density at radius 1 is 0.933 bits per heavy atom. The zero-order chi connectivity index (χ0) is 8.72. The quantitative estimate of drug-likeness (QED) is 0.480. The van der Waals surface area contributed by atoms with Crippen molar-refractivity contribution in [2.45, 2.75) is 20.8 Å². The number of hydrogen-bond acceptors (Lipinski definition) is 0. The Labute approximate surface area is 113 Å². The summed E-state index contributed by atoms with van der Waals surface area (Å²) in [5.41, 5.74) is 4.12. The minimum absolute atomic E-state index is 0. The molecule has 0 bridgehead atoms. The molecule has 0 radical (unpaired) electrons. The summed E-state index contributed by atoms with van der Waals surface area (Å²) >= 11 is 0. The molecule has 15 heavy (non-hydrogen) atoms. The molecule has 2 rings (SSSR count). The molecule has 0 heterocycles. The average molecular weight is 366 g/mol. The molecule has 0 amide bonds. The molecule has 0 aromatic heterocycles. The number of hydrogen-bond donors (Lipinski definition) is 0. The van der Waals surface area contributed by atoms with Gasteiger partial charge in [-0.3, -0.25) is 0 Å². The molecule has 0 saturated carbocycles. The van der Waals surface area contributed by atoms with Gasteiger partial charge in [-0.25, -0.2) is 0 Å². The first-order chi connectivity index (χ1) is 5.68. The molecule has 0 spiro atoms. The van der Waals surface area contributed by atoms with Crippen molar-refractivity contribution in [2.75, 3.05) is 0 Å². The molecule has 0 unspecified atom stereocenters. The van der Waals surface area contributed by atoms with E-state index in [2.05, 4.69) is 45.0 Å². The third-order valence-electron chi connectivity index (χ3n) is 2.47. The third kappa shape index (κ3) is 3.07. The Bertz CT molecular complexity index is 385. The minimum atomic E-state index is 0. The van der Waals surface area contributed by atoms with E-state index in [0.717, 1.165) is 0 Å². The minimum Gasteiger partial charge on any atom is -0.358 e. The van der Waals surface area contributed by atoms with Crippen LogP contribution in [0.15, 0.2) is 24.3 Å². The van der Waals surface area contributed by atoms with E-state index >= 15 is 0 Å². The zero-order valence-electron chi connectivity index (χ0n) is 10.3. The second kappa shape index (κ2) is 6.32. The van der Waals surface area contributed by atoms with Crippen molar-refractivity contribution in [3.05, 3.63) is 55.8 Å². The van der Waals surface area contributed by atoms with E-state index in [0.29, 0.717) is 0 Å². The molecule has 2 aromatic rings. The molecule has 0 fully saturated rings. The van der Waals surface area contributed by atoms with Crippen molar-refractivity contribution in [1.29, 1.82) is 0 Å². The van der Waals surface area contributed by atoms with E-state index in [-0.39, 0.29) is 40.7 Å². The second-order valence-corrected chi connectivity index (χ2v) is 3.56. The maximum Gasteiger partial charge on any atom is 0 e. The van der Waals surface area contributed by atoms with E-state index in [1.165, 1.54) is 27.5 Å². The van der Waals surface area contributed by atoms with E-state index in [1.54, 1.807) is 0 Å². The largest absolute Gasteiger partial charge is 0.358 e. The van der Waals surface area contributed by atoms with Crippen LogP contribution in [0.4, 0.5) is 0 Å². The van der Waals surface area contributed by atoms with E-state index in [9.17, 15) is 0 Å². The number of fused-ring (bicyclic) bond motifs is 1. The van der Waals surface area contributed by atoms with Gasteiger partial charge in [0.2, 0.25) is 0 Å². The maximum atomic E-state index is 2.26. The Morgan fingerprint density at radius 2 is 1.47 bits per heavy atom. The van der Waals surface area contributed by atoms with Gasteiger partial charge in [-0.05, 0) is 6.92 Å². The zero-order valence-corrected chi connectivity index (χ0v) is 13.9. The fourth-order valence-electron chi connectivity index (χ4n) is 1.73. The van der Waals surface area contributed by atoms with Crippen molar-refractivity contribution in [3.63, 3.8) is 0 Å². The summed E-state index contributed by atoms with van der Waals surface area (Å²) in [5, 5.41) is 2.82. The van der Waals surface area contributed by atoms with Crippen LogP contribution in [-0.2, 0) is 25.8 Å². The van der Waals surface area contributed by atoms with Crippen LogP contribution in [0.5, 0.6) is 0 Å². The fourth-order valence-corrected chi connectivity index (χ4v) is 1.73. The molecule has 0 aliphatic heterocycles.